The lowest BCUT2D eigenvalue weighted by Crippen LogP contribution is -2.07. The van der Waals surface area contributed by atoms with Crippen LogP contribution in [-0.2, 0) is 6.54 Å². The summed E-state index contributed by atoms with van der Waals surface area (Å²) >= 11 is 6.53. The maximum Gasteiger partial charge on any atom is 0.166 e. The maximum absolute atomic E-state index is 9.77. The number of pyridine rings is 1. The highest BCUT2D eigenvalue weighted by atomic mass is 35.5. The quantitative estimate of drug-likeness (QED) is 0.269. The maximum atomic E-state index is 9.77. The lowest BCUT2D eigenvalue weighted by atomic mass is 10.1. The third-order valence-corrected chi connectivity index (χ3v) is 5.91. The minimum atomic E-state index is -0.0210. The van der Waals surface area contributed by atoms with Crippen LogP contribution < -0.4 is 10.5 Å². The molecule has 0 aliphatic rings. The van der Waals surface area contributed by atoms with Crippen molar-refractivity contribution in [2.75, 3.05) is 12.3 Å². The summed E-state index contributed by atoms with van der Waals surface area (Å²) in [5, 5.41) is 10.4. The van der Waals surface area contributed by atoms with Gasteiger partial charge in [-0.1, -0.05) is 49.6 Å². The van der Waals surface area contributed by atoms with E-state index >= 15 is 0 Å². The van der Waals surface area contributed by atoms with Crippen LogP contribution in [0.1, 0.15) is 31.9 Å². The lowest BCUT2D eigenvalue weighted by molar-refractivity contribution is 0.306. The molecule has 5 nitrogen and oxygen atoms in total. The van der Waals surface area contributed by atoms with Gasteiger partial charge in [-0.15, -0.1) is 0 Å². The number of aromatic hydroxyl groups is 1. The van der Waals surface area contributed by atoms with Crippen molar-refractivity contribution in [3.63, 3.8) is 0 Å². The van der Waals surface area contributed by atoms with Crippen molar-refractivity contribution in [2.24, 2.45) is 0 Å². The Morgan fingerprint density at radius 1 is 0.939 bits per heavy atom. The van der Waals surface area contributed by atoms with Crippen LogP contribution in [0.15, 0.2) is 72.8 Å². The third kappa shape index (κ3) is 5.32. The molecular formula is C27H28ClN3O2. The number of aromatic nitrogens is 2. The number of nitrogens with zero attached hydrogens (tertiary/aromatic N) is 2. The predicted molar refractivity (Wildman–Crippen MR) is 135 cm³/mol. The number of hydrogen-bond donors (Lipinski definition) is 2. The normalized spacial score (nSPS) is 11.0. The van der Waals surface area contributed by atoms with Crippen molar-refractivity contribution in [2.45, 2.75) is 32.7 Å². The van der Waals surface area contributed by atoms with E-state index in [-0.39, 0.29) is 11.6 Å². The number of benzene rings is 2. The van der Waals surface area contributed by atoms with Crippen LogP contribution in [0.4, 0.5) is 5.82 Å². The Bertz CT molecular complexity index is 1220. The van der Waals surface area contributed by atoms with Gasteiger partial charge in [0.15, 0.2) is 11.6 Å². The van der Waals surface area contributed by atoms with E-state index in [4.69, 9.17) is 22.1 Å². The third-order valence-electron chi connectivity index (χ3n) is 5.58. The van der Waals surface area contributed by atoms with Crippen LogP contribution >= 0.6 is 11.6 Å². The molecule has 170 valence electrons. The van der Waals surface area contributed by atoms with Gasteiger partial charge < -0.3 is 20.1 Å². The average molecular weight is 462 g/mol. The first kappa shape index (κ1) is 22.7. The van der Waals surface area contributed by atoms with Crippen LogP contribution in [0.25, 0.3) is 22.5 Å². The summed E-state index contributed by atoms with van der Waals surface area (Å²) in [6.45, 7) is 3.39. The summed E-state index contributed by atoms with van der Waals surface area (Å²) in [7, 11) is 0. The molecule has 0 saturated carbocycles. The van der Waals surface area contributed by atoms with Gasteiger partial charge in [-0.05, 0) is 66.6 Å². The van der Waals surface area contributed by atoms with E-state index < -0.39 is 0 Å². The van der Waals surface area contributed by atoms with Crippen LogP contribution in [-0.4, -0.2) is 21.3 Å². The van der Waals surface area contributed by atoms with Crippen molar-refractivity contribution in [3.05, 3.63) is 83.5 Å². The summed E-state index contributed by atoms with van der Waals surface area (Å²) in [5.41, 5.74) is 10.6. The second-order valence-corrected chi connectivity index (χ2v) is 8.36. The number of halogens is 1. The Kier molecular flexibility index (Phi) is 7.20. The van der Waals surface area contributed by atoms with E-state index in [2.05, 4.69) is 40.7 Å². The second-order valence-electron chi connectivity index (χ2n) is 7.96. The fourth-order valence-corrected chi connectivity index (χ4v) is 4.05. The molecule has 0 saturated heterocycles. The van der Waals surface area contributed by atoms with Crippen molar-refractivity contribution >= 4 is 17.4 Å². The van der Waals surface area contributed by atoms with Crippen LogP contribution in [0, 0.1) is 0 Å². The molecule has 0 atom stereocenters. The smallest absolute Gasteiger partial charge is 0.166 e. The van der Waals surface area contributed by atoms with Gasteiger partial charge in [0.2, 0.25) is 0 Å². The fourth-order valence-electron chi connectivity index (χ4n) is 3.82. The van der Waals surface area contributed by atoms with Gasteiger partial charge in [0.25, 0.3) is 0 Å². The SMILES string of the molecule is CCCCCOc1ccc(-c2ccc(-c3ccccc3Cl)n2Cc2ccc(O)c(N)n2)cc1. The highest BCUT2D eigenvalue weighted by Gasteiger charge is 2.15. The van der Waals surface area contributed by atoms with Gasteiger partial charge >= 0.3 is 0 Å². The molecule has 33 heavy (non-hydrogen) atoms. The molecule has 0 unspecified atom stereocenters. The van der Waals surface area contributed by atoms with E-state index in [0.717, 1.165) is 47.0 Å². The van der Waals surface area contributed by atoms with Crippen LogP contribution in [0.2, 0.25) is 5.02 Å². The summed E-state index contributed by atoms with van der Waals surface area (Å²) in [6, 6.07) is 23.4. The predicted octanol–water partition coefficient (Wildman–Crippen LogP) is 6.78. The number of nitrogens with two attached hydrogens (primary N) is 1. The number of hydrogen-bond acceptors (Lipinski definition) is 4. The van der Waals surface area contributed by atoms with Crippen molar-refractivity contribution < 1.29 is 9.84 Å². The molecule has 0 aliphatic carbocycles. The summed E-state index contributed by atoms with van der Waals surface area (Å²) < 4.78 is 8.03. The van der Waals surface area contributed by atoms with Crippen LogP contribution in [0.3, 0.4) is 0 Å². The van der Waals surface area contributed by atoms with Crippen molar-refractivity contribution in [1.29, 1.82) is 0 Å². The number of unbranched alkanes of at least 4 members (excludes halogenated alkanes) is 2. The Morgan fingerprint density at radius 2 is 1.70 bits per heavy atom. The number of ether oxygens (including phenoxy) is 1. The zero-order valence-electron chi connectivity index (χ0n) is 18.7. The molecule has 0 bridgehead atoms. The molecule has 0 spiro atoms. The second kappa shape index (κ2) is 10.5. The molecule has 0 amide bonds. The van der Waals surface area contributed by atoms with Gasteiger partial charge in [-0.2, -0.15) is 0 Å². The first-order chi connectivity index (χ1) is 16.1. The van der Waals surface area contributed by atoms with Gasteiger partial charge in [0, 0.05) is 16.3 Å². The zero-order valence-corrected chi connectivity index (χ0v) is 19.4. The molecule has 0 aliphatic heterocycles. The Labute approximate surface area is 199 Å². The van der Waals surface area contributed by atoms with Gasteiger partial charge in [-0.3, -0.25) is 0 Å². The lowest BCUT2D eigenvalue weighted by Gasteiger charge is -2.15. The van der Waals surface area contributed by atoms with E-state index in [1.807, 2.05) is 36.4 Å². The molecule has 0 fully saturated rings. The van der Waals surface area contributed by atoms with Gasteiger partial charge in [-0.25, -0.2) is 4.98 Å². The van der Waals surface area contributed by atoms with Crippen molar-refractivity contribution in [3.8, 4) is 34.0 Å². The summed E-state index contributed by atoms with van der Waals surface area (Å²) in [4.78, 5) is 4.36. The van der Waals surface area contributed by atoms with E-state index in [0.29, 0.717) is 11.6 Å². The topological polar surface area (TPSA) is 73.3 Å². The Morgan fingerprint density at radius 3 is 2.42 bits per heavy atom. The molecule has 2 aromatic carbocycles. The van der Waals surface area contributed by atoms with E-state index in [9.17, 15) is 5.11 Å². The number of rotatable bonds is 9. The first-order valence-corrected chi connectivity index (χ1v) is 11.6. The largest absolute Gasteiger partial charge is 0.504 e. The molecule has 2 aromatic heterocycles. The van der Waals surface area contributed by atoms with Gasteiger partial charge in [0.05, 0.1) is 24.5 Å². The molecular weight excluding hydrogens is 434 g/mol. The average Bonchev–Trinajstić information content (AvgIpc) is 3.23. The van der Waals surface area contributed by atoms with E-state index in [1.54, 1.807) is 12.1 Å². The molecule has 0 radical (unpaired) electrons. The number of anilines is 1. The molecule has 6 heteroatoms. The highest BCUT2D eigenvalue weighted by Crippen LogP contribution is 2.34. The van der Waals surface area contributed by atoms with Gasteiger partial charge in [0.1, 0.15) is 5.75 Å². The first-order valence-electron chi connectivity index (χ1n) is 11.2. The molecule has 3 N–H and O–H groups in total. The molecule has 4 aromatic rings. The zero-order chi connectivity index (χ0) is 23.2. The molecule has 4 rings (SSSR count). The van der Waals surface area contributed by atoms with Crippen molar-refractivity contribution in [1.82, 2.24) is 9.55 Å². The number of nitrogen functional groups attached to an aromatic ring is 1. The summed E-state index contributed by atoms with van der Waals surface area (Å²) in [5.74, 6) is 0.963. The Balaban J connectivity index is 1.69. The van der Waals surface area contributed by atoms with E-state index in [1.165, 1.54) is 12.8 Å². The minimum Gasteiger partial charge on any atom is -0.504 e. The Hall–Kier alpha value is -3.44. The van der Waals surface area contributed by atoms with Crippen LogP contribution in [0.5, 0.6) is 11.5 Å². The summed E-state index contributed by atoms with van der Waals surface area (Å²) in [6.07, 6.45) is 3.41. The standard InChI is InChI=1S/C27H28ClN3O2/c1-2-3-6-17-33-21-12-9-19(10-13-21)24-14-15-25(22-7-4-5-8-23(22)28)31(24)18-20-11-16-26(32)27(29)30-20/h4-5,7-16,32H,2-3,6,17-18H2,1H3,(H2,29,30). The molecule has 2 heterocycles. The minimum absolute atomic E-state index is 0.0210. The fraction of sp³-hybridized carbons (Fsp3) is 0.222. The highest BCUT2D eigenvalue weighted by molar-refractivity contribution is 6.33. The monoisotopic (exact) mass is 461 g/mol.